The molecular formula is C40H38Cl4I3N7O7. The molecular weight excluding hydrogens is 1210 g/mol. The molecule has 0 aliphatic heterocycles. The van der Waals surface area contributed by atoms with Gasteiger partial charge in [0.15, 0.2) is 5.78 Å². The fourth-order valence-electron chi connectivity index (χ4n) is 5.31. The van der Waals surface area contributed by atoms with Crippen LogP contribution >= 0.6 is 114 Å². The molecule has 0 fully saturated rings. The molecule has 3 heterocycles. The number of anilines is 1. The van der Waals surface area contributed by atoms with Gasteiger partial charge in [0.2, 0.25) is 0 Å². The van der Waals surface area contributed by atoms with Gasteiger partial charge in [-0.05, 0) is 128 Å². The van der Waals surface area contributed by atoms with Crippen molar-refractivity contribution in [3.05, 3.63) is 188 Å². The van der Waals surface area contributed by atoms with E-state index in [-0.39, 0.29) is 34.2 Å². The lowest BCUT2D eigenvalue weighted by Crippen LogP contribution is -2.42. The maximum absolute atomic E-state index is 12.2. The normalized spacial score (nSPS) is 10.5. The second kappa shape index (κ2) is 22.7. The molecule has 0 unspecified atom stereocenters. The summed E-state index contributed by atoms with van der Waals surface area (Å²) in [4.78, 5) is 81.6. The van der Waals surface area contributed by atoms with Crippen LogP contribution in [-0.4, -0.2) is 33.2 Å². The van der Waals surface area contributed by atoms with E-state index in [4.69, 9.17) is 52.1 Å². The number of aromatic nitrogens is 6. The van der Waals surface area contributed by atoms with Gasteiger partial charge in [-0.1, -0.05) is 58.5 Å². The molecule has 324 valence electrons. The summed E-state index contributed by atoms with van der Waals surface area (Å²) >= 11 is 30.1. The van der Waals surface area contributed by atoms with Crippen molar-refractivity contribution < 1.29 is 4.79 Å². The van der Waals surface area contributed by atoms with Gasteiger partial charge in [-0.2, -0.15) is 0 Å². The van der Waals surface area contributed by atoms with Crippen LogP contribution < -0.4 is 39.5 Å². The maximum Gasteiger partial charge on any atom is 0.331 e. The Labute approximate surface area is 409 Å². The number of rotatable bonds is 5. The van der Waals surface area contributed by atoms with Gasteiger partial charge in [0.05, 0.1) is 10.7 Å². The fourth-order valence-corrected chi connectivity index (χ4v) is 8.17. The third-order valence-corrected chi connectivity index (χ3v) is 12.4. The Hall–Kier alpha value is -3.48. The van der Waals surface area contributed by atoms with Crippen molar-refractivity contribution in [2.75, 3.05) is 5.73 Å². The summed E-state index contributed by atoms with van der Waals surface area (Å²) in [5.74, 6) is -0.368. The largest absolute Gasteiger partial charge is 0.398 e. The van der Waals surface area contributed by atoms with Crippen molar-refractivity contribution in [1.82, 2.24) is 27.4 Å². The van der Waals surface area contributed by atoms with Gasteiger partial charge in [-0.3, -0.25) is 42.0 Å². The second-order valence-electron chi connectivity index (χ2n) is 13.2. The molecule has 0 aliphatic carbocycles. The van der Waals surface area contributed by atoms with E-state index in [9.17, 15) is 33.6 Å². The van der Waals surface area contributed by atoms with Crippen LogP contribution in [0.1, 0.15) is 39.8 Å². The lowest BCUT2D eigenvalue weighted by molar-refractivity contribution is 0.101. The Balaban J connectivity index is 0.000000230. The molecule has 0 amide bonds. The van der Waals surface area contributed by atoms with Gasteiger partial charge < -0.3 is 10.3 Å². The summed E-state index contributed by atoms with van der Waals surface area (Å²) in [6.07, 6.45) is 0.698. The first-order valence-corrected chi connectivity index (χ1v) is 22.2. The SMILES string of the molecule is CC(=O)c1c(Cc2ccc(I)cc2Cl)n(C)c(=O)n(C)c1=O.Cn1c(Cc2ccc(I)cc2Cl)cc(=O)n(C)c1=O.Cn1c(Cl)cc(=O)n(C)c1=O.Nc1ccc(I)cc1Cl. The Bertz CT molecular complexity index is 3010. The average molecular weight is 1250 g/mol. The Kier molecular flexibility index (Phi) is 19.3. The van der Waals surface area contributed by atoms with Crippen LogP contribution in [0.3, 0.4) is 0 Å². The Morgan fingerprint density at radius 1 is 0.541 bits per heavy atom. The van der Waals surface area contributed by atoms with E-state index in [1.165, 1.54) is 60.9 Å². The topological polar surface area (TPSA) is 175 Å². The summed E-state index contributed by atoms with van der Waals surface area (Å²) in [5, 5.41) is 1.95. The van der Waals surface area contributed by atoms with Crippen LogP contribution in [0.5, 0.6) is 0 Å². The molecule has 0 radical (unpaired) electrons. The molecule has 0 saturated carbocycles. The molecule has 61 heavy (non-hydrogen) atoms. The number of carbonyl (C=O) groups excluding carboxylic acids is 1. The highest BCUT2D eigenvalue weighted by Gasteiger charge is 2.20. The number of hydrogen-bond donors (Lipinski definition) is 1. The molecule has 21 heteroatoms. The van der Waals surface area contributed by atoms with Crippen LogP contribution in [0, 0.1) is 10.7 Å². The summed E-state index contributed by atoms with van der Waals surface area (Å²) in [7, 11) is 8.93. The molecule has 0 spiro atoms. The quantitative estimate of drug-likeness (QED) is 0.0902. The molecule has 14 nitrogen and oxygen atoms in total. The summed E-state index contributed by atoms with van der Waals surface area (Å²) < 4.78 is 10.1. The summed E-state index contributed by atoms with van der Waals surface area (Å²) in [6, 6.07) is 19.4. The lowest BCUT2D eigenvalue weighted by Gasteiger charge is -2.14. The van der Waals surface area contributed by atoms with E-state index < -0.39 is 22.5 Å². The molecule has 2 N–H and O–H groups in total. The fraction of sp³-hybridized carbons (Fsp3) is 0.225. The van der Waals surface area contributed by atoms with Gasteiger partial charge in [0.25, 0.3) is 16.7 Å². The van der Waals surface area contributed by atoms with E-state index in [1.54, 1.807) is 26.2 Å². The molecule has 0 bridgehead atoms. The van der Waals surface area contributed by atoms with E-state index in [2.05, 4.69) is 67.8 Å². The number of benzene rings is 3. The Morgan fingerprint density at radius 3 is 1.43 bits per heavy atom. The van der Waals surface area contributed by atoms with Crippen molar-refractivity contribution in [3.63, 3.8) is 0 Å². The highest BCUT2D eigenvalue weighted by atomic mass is 127. The molecule has 0 saturated heterocycles. The third kappa shape index (κ3) is 13.5. The van der Waals surface area contributed by atoms with E-state index in [1.807, 2.05) is 42.5 Å². The van der Waals surface area contributed by atoms with Gasteiger partial charge in [0.1, 0.15) is 10.7 Å². The maximum atomic E-state index is 12.2. The zero-order valence-electron chi connectivity index (χ0n) is 33.5. The first kappa shape index (κ1) is 51.9. The minimum atomic E-state index is -0.577. The monoisotopic (exact) mass is 1250 g/mol. The van der Waals surface area contributed by atoms with Crippen molar-refractivity contribution >= 4 is 126 Å². The first-order chi connectivity index (χ1) is 28.4. The molecule has 3 aromatic carbocycles. The van der Waals surface area contributed by atoms with Crippen LogP contribution in [0.15, 0.2) is 95.5 Å². The molecule has 0 aliphatic rings. The number of halogens is 7. The molecule has 6 aromatic rings. The van der Waals surface area contributed by atoms with Gasteiger partial charge in [0, 0.05) is 99.4 Å². The van der Waals surface area contributed by atoms with E-state index in [0.29, 0.717) is 38.6 Å². The minimum absolute atomic E-state index is 0.0271. The second-order valence-corrected chi connectivity index (χ2v) is 18.5. The van der Waals surface area contributed by atoms with Crippen LogP contribution in [0.2, 0.25) is 20.2 Å². The van der Waals surface area contributed by atoms with Crippen molar-refractivity contribution in [3.8, 4) is 0 Å². The summed E-state index contributed by atoms with van der Waals surface area (Å²) in [6.45, 7) is 1.32. The molecule has 6 rings (SSSR count). The van der Waals surface area contributed by atoms with Crippen LogP contribution in [-0.2, 0) is 55.1 Å². The van der Waals surface area contributed by atoms with Crippen LogP contribution in [0.4, 0.5) is 5.69 Å². The summed E-state index contributed by atoms with van der Waals surface area (Å²) in [5.41, 5.74) is 6.31. The number of Topliss-reactive ketones (excluding diaryl/α,β-unsaturated/α-hetero) is 1. The predicted octanol–water partition coefficient (Wildman–Crippen LogP) is 6.33. The van der Waals surface area contributed by atoms with Gasteiger partial charge in [-0.25, -0.2) is 14.4 Å². The highest BCUT2D eigenvalue weighted by Crippen LogP contribution is 2.23. The van der Waals surface area contributed by atoms with E-state index in [0.717, 1.165) is 35.5 Å². The number of nitrogen functional groups attached to an aromatic ring is 1. The average Bonchev–Trinajstić information content (AvgIpc) is 3.19. The number of nitrogens with two attached hydrogens (primary N) is 1. The number of carbonyl (C=O) groups is 1. The smallest absolute Gasteiger partial charge is 0.331 e. The highest BCUT2D eigenvalue weighted by molar-refractivity contribution is 14.1. The minimum Gasteiger partial charge on any atom is -0.398 e. The third-order valence-electron chi connectivity index (χ3n) is 8.95. The van der Waals surface area contributed by atoms with Gasteiger partial charge >= 0.3 is 17.1 Å². The lowest BCUT2D eigenvalue weighted by atomic mass is 10.0. The zero-order chi connectivity index (χ0) is 46.2. The molecule has 3 aromatic heterocycles. The number of nitrogens with zero attached hydrogens (tertiary/aromatic N) is 6. The van der Waals surface area contributed by atoms with Crippen molar-refractivity contribution in [1.29, 1.82) is 0 Å². The molecule has 0 atom stereocenters. The van der Waals surface area contributed by atoms with E-state index >= 15 is 0 Å². The predicted molar refractivity (Wildman–Crippen MR) is 268 cm³/mol. The van der Waals surface area contributed by atoms with Gasteiger partial charge in [-0.15, -0.1) is 0 Å². The number of hydrogen-bond acceptors (Lipinski definition) is 8. The number of ketones is 1. The standard InChI is InChI=1S/C15H14ClIN2O3.C13H12ClIN2O2.C6H5ClIN.C6H7ClN2O2/c1-8(20)13-12(18(2)15(22)19(3)14(13)21)6-9-4-5-10(17)7-11(9)16;1-16-10(7-12(18)17(2)13(16)19)5-8-3-4-9(15)6-11(8)14;7-5-3-4(8)1-2-6(5)9;1-8-4(7)3-5(10)9(2)6(8)11/h4-5,7H,6H2,1-3H3;3-4,6-7H,5H2,1-2H3;1-3H,9H2;3H,1-2H3. The van der Waals surface area contributed by atoms with Crippen molar-refractivity contribution in [2.45, 2.75) is 19.8 Å². The van der Waals surface area contributed by atoms with Crippen LogP contribution in [0.25, 0.3) is 0 Å². The zero-order valence-corrected chi connectivity index (χ0v) is 43.0. The Morgan fingerprint density at radius 2 is 0.967 bits per heavy atom. The first-order valence-electron chi connectivity index (χ1n) is 17.4. The van der Waals surface area contributed by atoms with Crippen molar-refractivity contribution in [2.24, 2.45) is 42.3 Å².